The van der Waals surface area contributed by atoms with Crippen molar-refractivity contribution in [2.24, 2.45) is 0 Å². The SMILES string of the molecule is CC(OC(=O)c1ccccc1SC(C)C(=O)NC1CCCC1)C(=O)NC1CCCC1. The topological polar surface area (TPSA) is 84.5 Å². The molecule has 1 aromatic carbocycles. The van der Waals surface area contributed by atoms with E-state index in [1.165, 1.54) is 11.8 Å². The molecule has 3 rings (SSSR count). The van der Waals surface area contributed by atoms with Gasteiger partial charge in [-0.2, -0.15) is 0 Å². The Bertz CT molecular complexity index is 757. The monoisotopic (exact) mass is 432 g/mol. The minimum atomic E-state index is -0.862. The summed E-state index contributed by atoms with van der Waals surface area (Å²) in [5.74, 6) is -0.820. The Hall–Kier alpha value is -2.02. The van der Waals surface area contributed by atoms with E-state index in [9.17, 15) is 14.4 Å². The van der Waals surface area contributed by atoms with E-state index in [0.717, 1.165) is 51.4 Å². The number of rotatable bonds is 8. The highest BCUT2D eigenvalue weighted by Crippen LogP contribution is 2.28. The number of benzene rings is 1. The van der Waals surface area contributed by atoms with Crippen LogP contribution in [-0.2, 0) is 14.3 Å². The fraction of sp³-hybridized carbons (Fsp3) is 0.609. The quantitative estimate of drug-likeness (QED) is 0.482. The summed E-state index contributed by atoms with van der Waals surface area (Å²) in [4.78, 5) is 38.3. The van der Waals surface area contributed by atoms with Crippen LogP contribution in [0, 0.1) is 0 Å². The van der Waals surface area contributed by atoms with Crippen molar-refractivity contribution in [2.45, 2.75) is 93.5 Å². The highest BCUT2D eigenvalue weighted by atomic mass is 32.2. The number of carbonyl (C=O) groups is 3. The molecule has 0 aromatic heterocycles. The van der Waals surface area contributed by atoms with Gasteiger partial charge in [-0.15, -0.1) is 11.8 Å². The van der Waals surface area contributed by atoms with Crippen molar-refractivity contribution in [3.05, 3.63) is 29.8 Å². The number of thioether (sulfide) groups is 1. The number of amides is 2. The molecule has 6 nitrogen and oxygen atoms in total. The Morgan fingerprint density at radius 2 is 1.43 bits per heavy atom. The van der Waals surface area contributed by atoms with E-state index < -0.39 is 12.1 Å². The van der Waals surface area contributed by atoms with Crippen molar-refractivity contribution in [3.63, 3.8) is 0 Å². The number of hydrogen-bond acceptors (Lipinski definition) is 5. The Kier molecular flexibility index (Phi) is 8.19. The number of esters is 1. The van der Waals surface area contributed by atoms with Gasteiger partial charge in [-0.25, -0.2) is 4.79 Å². The third-order valence-corrected chi connectivity index (χ3v) is 7.01. The van der Waals surface area contributed by atoms with Crippen molar-refractivity contribution in [1.82, 2.24) is 10.6 Å². The van der Waals surface area contributed by atoms with Gasteiger partial charge in [-0.1, -0.05) is 37.8 Å². The molecule has 0 heterocycles. The first-order valence-electron chi connectivity index (χ1n) is 11.0. The van der Waals surface area contributed by atoms with E-state index in [4.69, 9.17) is 4.74 Å². The zero-order valence-corrected chi connectivity index (χ0v) is 18.6. The third-order valence-electron chi connectivity index (χ3n) is 5.84. The Balaban J connectivity index is 1.57. The second kappa shape index (κ2) is 10.8. The molecule has 7 heteroatoms. The van der Waals surface area contributed by atoms with Gasteiger partial charge in [-0.05, 0) is 51.7 Å². The molecule has 164 valence electrons. The van der Waals surface area contributed by atoms with Gasteiger partial charge in [-0.3, -0.25) is 9.59 Å². The number of ether oxygens (including phenoxy) is 1. The van der Waals surface area contributed by atoms with Crippen LogP contribution in [-0.4, -0.2) is 41.2 Å². The molecule has 30 heavy (non-hydrogen) atoms. The van der Waals surface area contributed by atoms with E-state index in [-0.39, 0.29) is 29.1 Å². The minimum Gasteiger partial charge on any atom is -0.449 e. The second-order valence-electron chi connectivity index (χ2n) is 8.28. The summed E-state index contributed by atoms with van der Waals surface area (Å²) in [6, 6.07) is 7.52. The van der Waals surface area contributed by atoms with Crippen molar-refractivity contribution < 1.29 is 19.1 Å². The smallest absolute Gasteiger partial charge is 0.340 e. The lowest BCUT2D eigenvalue weighted by Crippen LogP contribution is -2.41. The first kappa shape index (κ1) is 22.7. The predicted molar refractivity (Wildman–Crippen MR) is 117 cm³/mol. The molecule has 0 spiro atoms. The van der Waals surface area contributed by atoms with Crippen LogP contribution >= 0.6 is 11.8 Å². The third kappa shape index (κ3) is 6.24. The predicted octanol–water partition coefficient (Wildman–Crippen LogP) is 3.83. The molecule has 2 N–H and O–H groups in total. The van der Waals surface area contributed by atoms with Gasteiger partial charge in [0.05, 0.1) is 10.8 Å². The lowest BCUT2D eigenvalue weighted by molar-refractivity contribution is -0.129. The normalized spacial score (nSPS) is 19.3. The second-order valence-corrected chi connectivity index (χ2v) is 9.67. The van der Waals surface area contributed by atoms with E-state index in [1.807, 2.05) is 19.1 Å². The van der Waals surface area contributed by atoms with E-state index in [1.54, 1.807) is 19.1 Å². The van der Waals surface area contributed by atoms with Crippen LogP contribution in [0.15, 0.2) is 29.2 Å². The summed E-state index contributed by atoms with van der Waals surface area (Å²) in [7, 11) is 0. The van der Waals surface area contributed by atoms with Crippen molar-refractivity contribution >= 4 is 29.5 Å². The van der Waals surface area contributed by atoms with Crippen molar-refractivity contribution in [1.29, 1.82) is 0 Å². The first-order valence-corrected chi connectivity index (χ1v) is 11.9. The van der Waals surface area contributed by atoms with Gasteiger partial charge in [0.15, 0.2) is 6.10 Å². The highest BCUT2D eigenvalue weighted by Gasteiger charge is 2.26. The Morgan fingerprint density at radius 3 is 2.03 bits per heavy atom. The van der Waals surface area contributed by atoms with Gasteiger partial charge in [0.1, 0.15) is 0 Å². The van der Waals surface area contributed by atoms with Crippen molar-refractivity contribution in [2.75, 3.05) is 0 Å². The van der Waals surface area contributed by atoms with Gasteiger partial charge in [0, 0.05) is 17.0 Å². The van der Waals surface area contributed by atoms with Crippen LogP contribution in [0.2, 0.25) is 0 Å². The maximum absolute atomic E-state index is 12.7. The molecule has 0 saturated heterocycles. The fourth-order valence-corrected chi connectivity index (χ4v) is 5.03. The molecule has 2 saturated carbocycles. The zero-order valence-electron chi connectivity index (χ0n) is 17.8. The minimum absolute atomic E-state index is 0.0145. The maximum Gasteiger partial charge on any atom is 0.340 e. The summed E-state index contributed by atoms with van der Waals surface area (Å²) >= 11 is 1.34. The summed E-state index contributed by atoms with van der Waals surface area (Å²) in [6.07, 6.45) is 7.73. The van der Waals surface area contributed by atoms with Crippen LogP contribution < -0.4 is 10.6 Å². The zero-order chi connectivity index (χ0) is 21.5. The Morgan fingerprint density at radius 1 is 0.900 bits per heavy atom. The molecule has 0 bridgehead atoms. The van der Waals surface area contributed by atoms with Gasteiger partial charge in [0.2, 0.25) is 5.91 Å². The highest BCUT2D eigenvalue weighted by molar-refractivity contribution is 8.00. The standard InChI is InChI=1S/C23H32N2O4S/c1-15(21(26)24-17-9-3-4-10-17)29-23(28)19-13-7-8-14-20(19)30-16(2)22(27)25-18-11-5-6-12-18/h7-8,13-18H,3-6,9-12H2,1-2H3,(H,24,26)(H,25,27). The molecule has 2 aliphatic carbocycles. The number of carbonyl (C=O) groups excluding carboxylic acids is 3. The van der Waals surface area contributed by atoms with E-state index >= 15 is 0 Å². The average Bonchev–Trinajstić information content (AvgIpc) is 3.42. The molecule has 0 aliphatic heterocycles. The lowest BCUT2D eigenvalue weighted by Gasteiger charge is -2.19. The van der Waals surface area contributed by atoms with E-state index in [0.29, 0.717) is 10.5 Å². The molecule has 2 unspecified atom stereocenters. The van der Waals surface area contributed by atoms with Crippen LogP contribution in [0.4, 0.5) is 0 Å². The maximum atomic E-state index is 12.7. The van der Waals surface area contributed by atoms with Crippen LogP contribution in [0.25, 0.3) is 0 Å². The molecular weight excluding hydrogens is 400 g/mol. The fourth-order valence-electron chi connectivity index (χ4n) is 4.04. The molecule has 1 aromatic rings. The summed E-state index contributed by atoms with van der Waals surface area (Å²) in [5, 5.41) is 5.73. The molecule has 2 atom stereocenters. The van der Waals surface area contributed by atoms with E-state index in [2.05, 4.69) is 10.6 Å². The van der Waals surface area contributed by atoms with Crippen LogP contribution in [0.5, 0.6) is 0 Å². The molecule has 2 aliphatic rings. The van der Waals surface area contributed by atoms with Crippen molar-refractivity contribution in [3.8, 4) is 0 Å². The average molecular weight is 433 g/mol. The summed E-state index contributed by atoms with van der Waals surface area (Å²) in [5.41, 5.74) is 0.378. The molecule has 0 radical (unpaired) electrons. The number of nitrogens with one attached hydrogen (secondary N) is 2. The largest absolute Gasteiger partial charge is 0.449 e. The summed E-state index contributed by atoms with van der Waals surface area (Å²) in [6.45, 7) is 3.43. The van der Waals surface area contributed by atoms with Gasteiger partial charge < -0.3 is 15.4 Å². The first-order chi connectivity index (χ1) is 14.4. The molecule has 2 amide bonds. The summed E-state index contributed by atoms with van der Waals surface area (Å²) < 4.78 is 5.43. The van der Waals surface area contributed by atoms with Crippen LogP contribution in [0.1, 0.15) is 75.6 Å². The lowest BCUT2D eigenvalue weighted by atomic mass is 10.2. The van der Waals surface area contributed by atoms with Gasteiger partial charge in [0.25, 0.3) is 5.91 Å². The molecule has 2 fully saturated rings. The van der Waals surface area contributed by atoms with Gasteiger partial charge >= 0.3 is 5.97 Å². The number of hydrogen-bond donors (Lipinski definition) is 2. The molecular formula is C23H32N2O4S. The Labute approximate surface area is 182 Å². The van der Waals surface area contributed by atoms with Crippen LogP contribution in [0.3, 0.4) is 0 Å².